The van der Waals surface area contributed by atoms with Crippen LogP contribution in [0.1, 0.15) is 20.8 Å². The number of hydrogen-bond acceptors (Lipinski definition) is 1. The van der Waals surface area contributed by atoms with Crippen LogP contribution in [0.3, 0.4) is 0 Å². The van der Waals surface area contributed by atoms with Crippen LogP contribution in [0.5, 0.6) is 0 Å². The molecule has 0 aliphatic carbocycles. The molecule has 1 aliphatic heterocycles. The lowest BCUT2D eigenvalue weighted by atomic mass is 9.78. The predicted octanol–water partition coefficient (Wildman–Crippen LogP) is 2.23. The summed E-state index contributed by atoms with van der Waals surface area (Å²) in [5, 5.41) is 0. The topological polar surface area (TPSA) is 3.24 Å². The van der Waals surface area contributed by atoms with E-state index in [0.29, 0.717) is 6.54 Å². The fourth-order valence-electron chi connectivity index (χ4n) is 1.89. The van der Waals surface area contributed by atoms with E-state index in [2.05, 4.69) is 0 Å². The van der Waals surface area contributed by atoms with Crippen LogP contribution in [0.4, 0.5) is 8.78 Å². The number of alkyl halides is 2. The van der Waals surface area contributed by atoms with Crippen molar-refractivity contribution in [3.63, 3.8) is 0 Å². The van der Waals surface area contributed by atoms with Gasteiger partial charge in [0.05, 0.1) is 6.54 Å². The molecule has 0 aromatic rings. The summed E-state index contributed by atoms with van der Waals surface area (Å²) in [6, 6.07) is 0. The molecule has 1 rings (SSSR count). The van der Waals surface area contributed by atoms with Crippen molar-refractivity contribution in [1.29, 1.82) is 0 Å². The van der Waals surface area contributed by atoms with E-state index in [1.54, 1.807) is 11.9 Å². The maximum Gasteiger partial charge on any atom is 0.265 e. The van der Waals surface area contributed by atoms with Crippen molar-refractivity contribution >= 4 is 0 Å². The summed E-state index contributed by atoms with van der Waals surface area (Å²) in [5.74, 6) is -3.01. The lowest BCUT2D eigenvalue weighted by molar-refractivity contribution is -0.0621. The van der Waals surface area contributed by atoms with Crippen LogP contribution in [0.25, 0.3) is 0 Å². The van der Waals surface area contributed by atoms with E-state index in [4.69, 9.17) is 0 Å². The van der Waals surface area contributed by atoms with Gasteiger partial charge in [-0.05, 0) is 12.5 Å². The van der Waals surface area contributed by atoms with Crippen LogP contribution in [-0.4, -0.2) is 31.0 Å². The van der Waals surface area contributed by atoms with Gasteiger partial charge in [0.1, 0.15) is 0 Å². The van der Waals surface area contributed by atoms with Crippen molar-refractivity contribution in [2.45, 2.75) is 26.7 Å². The van der Waals surface area contributed by atoms with Gasteiger partial charge in [-0.2, -0.15) is 0 Å². The average molecular weight is 177 g/mol. The van der Waals surface area contributed by atoms with E-state index >= 15 is 0 Å². The molecule has 1 fully saturated rings. The maximum absolute atomic E-state index is 13.3. The van der Waals surface area contributed by atoms with Gasteiger partial charge in [-0.15, -0.1) is 0 Å². The zero-order valence-electron chi connectivity index (χ0n) is 8.19. The molecular weight excluding hydrogens is 160 g/mol. The summed E-state index contributed by atoms with van der Waals surface area (Å²) in [7, 11) is 1.75. The van der Waals surface area contributed by atoms with Gasteiger partial charge in [-0.25, -0.2) is 8.78 Å². The molecule has 0 amide bonds. The van der Waals surface area contributed by atoms with Crippen molar-refractivity contribution < 1.29 is 8.78 Å². The Morgan fingerprint density at radius 1 is 1.33 bits per heavy atom. The molecule has 0 aromatic carbocycles. The van der Waals surface area contributed by atoms with Gasteiger partial charge in [0.25, 0.3) is 5.92 Å². The largest absolute Gasteiger partial charge is 0.300 e. The Labute approximate surface area is 72.7 Å². The number of likely N-dealkylation sites (tertiary alicyclic amines) is 1. The first-order chi connectivity index (χ1) is 5.23. The summed E-state index contributed by atoms with van der Waals surface area (Å²) in [5.41, 5.74) is -0.297. The van der Waals surface area contributed by atoms with Gasteiger partial charge in [-0.3, -0.25) is 0 Å². The van der Waals surface area contributed by atoms with Gasteiger partial charge in [0.15, 0.2) is 0 Å². The molecule has 1 heterocycles. The third-order valence-corrected chi connectivity index (χ3v) is 2.53. The lowest BCUT2D eigenvalue weighted by Crippen LogP contribution is -2.36. The fourth-order valence-corrected chi connectivity index (χ4v) is 1.89. The van der Waals surface area contributed by atoms with Crippen LogP contribution in [0.2, 0.25) is 0 Å². The first kappa shape index (κ1) is 9.90. The molecule has 1 saturated heterocycles. The number of nitrogens with zero attached hydrogens (tertiary/aromatic N) is 1. The molecule has 1 unspecified atom stereocenters. The molecule has 0 N–H and O–H groups in total. The Bertz CT molecular complexity index is 172. The fraction of sp³-hybridized carbons (Fsp3) is 1.00. The molecular formula is C9H17F2N. The van der Waals surface area contributed by atoms with Crippen LogP contribution in [0, 0.1) is 11.3 Å². The SMILES string of the molecule is CN1CC(C(C)(C)C)C(F)(F)C1. The summed E-state index contributed by atoms with van der Waals surface area (Å²) in [4.78, 5) is 1.70. The van der Waals surface area contributed by atoms with Crippen molar-refractivity contribution in [2.24, 2.45) is 11.3 Å². The molecule has 0 spiro atoms. The molecule has 0 bridgehead atoms. The van der Waals surface area contributed by atoms with Crippen molar-refractivity contribution in [3.8, 4) is 0 Å². The van der Waals surface area contributed by atoms with E-state index in [0.717, 1.165) is 0 Å². The second-order valence-corrected chi connectivity index (χ2v) is 4.88. The summed E-state index contributed by atoms with van der Waals surface area (Å²) in [6.45, 7) is 6.06. The highest BCUT2D eigenvalue weighted by molar-refractivity contribution is 4.94. The first-order valence-electron chi connectivity index (χ1n) is 4.30. The van der Waals surface area contributed by atoms with Crippen LogP contribution >= 0.6 is 0 Å². The van der Waals surface area contributed by atoms with Gasteiger partial charge in [0.2, 0.25) is 0 Å². The Morgan fingerprint density at radius 2 is 1.83 bits per heavy atom. The molecule has 12 heavy (non-hydrogen) atoms. The predicted molar refractivity (Wildman–Crippen MR) is 45.4 cm³/mol. The Hall–Kier alpha value is -0.180. The minimum atomic E-state index is -2.51. The Morgan fingerprint density at radius 3 is 2.00 bits per heavy atom. The van der Waals surface area contributed by atoms with Gasteiger partial charge in [0, 0.05) is 12.5 Å². The van der Waals surface area contributed by atoms with Crippen molar-refractivity contribution in [2.75, 3.05) is 20.1 Å². The van der Waals surface area contributed by atoms with E-state index < -0.39 is 11.8 Å². The standard InChI is InChI=1S/C9H17F2N/c1-8(2,3)7-5-12(4)6-9(7,10)11/h7H,5-6H2,1-4H3. The smallest absolute Gasteiger partial charge is 0.265 e. The highest BCUT2D eigenvalue weighted by atomic mass is 19.3. The number of halogens is 2. The maximum atomic E-state index is 13.3. The minimum absolute atomic E-state index is 0.0884. The second-order valence-electron chi connectivity index (χ2n) is 4.88. The number of rotatable bonds is 0. The molecule has 0 aromatic heterocycles. The van der Waals surface area contributed by atoms with Gasteiger partial charge >= 0.3 is 0 Å². The zero-order chi connectivity index (χ0) is 9.57. The van der Waals surface area contributed by atoms with E-state index in [1.807, 2.05) is 20.8 Å². The summed E-state index contributed by atoms with van der Waals surface area (Å²) >= 11 is 0. The normalized spacial score (nSPS) is 31.0. The molecule has 1 aliphatic rings. The number of hydrogen-bond donors (Lipinski definition) is 0. The van der Waals surface area contributed by atoms with Crippen molar-refractivity contribution in [1.82, 2.24) is 4.90 Å². The lowest BCUT2D eigenvalue weighted by Gasteiger charge is -2.30. The highest BCUT2D eigenvalue weighted by Gasteiger charge is 2.51. The second kappa shape index (κ2) is 2.66. The van der Waals surface area contributed by atoms with E-state index in [1.165, 1.54) is 0 Å². The highest BCUT2D eigenvalue weighted by Crippen LogP contribution is 2.43. The summed E-state index contributed by atoms with van der Waals surface area (Å²) < 4.78 is 26.6. The Kier molecular flexibility index (Phi) is 2.19. The van der Waals surface area contributed by atoms with Crippen molar-refractivity contribution in [3.05, 3.63) is 0 Å². The molecule has 1 nitrogen and oxygen atoms in total. The first-order valence-corrected chi connectivity index (χ1v) is 4.30. The Balaban J connectivity index is 2.79. The minimum Gasteiger partial charge on any atom is -0.300 e. The third kappa shape index (κ3) is 1.76. The molecule has 0 radical (unpaired) electrons. The third-order valence-electron chi connectivity index (χ3n) is 2.53. The van der Waals surface area contributed by atoms with Crippen LogP contribution in [0.15, 0.2) is 0 Å². The average Bonchev–Trinajstić information content (AvgIpc) is 2.02. The quantitative estimate of drug-likeness (QED) is 0.548. The van der Waals surface area contributed by atoms with E-state index in [-0.39, 0.29) is 12.0 Å². The molecule has 0 saturated carbocycles. The van der Waals surface area contributed by atoms with Gasteiger partial charge < -0.3 is 4.90 Å². The van der Waals surface area contributed by atoms with Crippen LogP contribution < -0.4 is 0 Å². The summed E-state index contributed by atoms with van der Waals surface area (Å²) in [6.07, 6.45) is 0. The molecule has 1 atom stereocenters. The van der Waals surface area contributed by atoms with Crippen LogP contribution in [-0.2, 0) is 0 Å². The van der Waals surface area contributed by atoms with Gasteiger partial charge in [-0.1, -0.05) is 20.8 Å². The monoisotopic (exact) mass is 177 g/mol. The zero-order valence-corrected chi connectivity index (χ0v) is 8.19. The molecule has 3 heteroatoms. The van der Waals surface area contributed by atoms with E-state index in [9.17, 15) is 8.78 Å². The molecule has 72 valence electrons.